The first-order valence-corrected chi connectivity index (χ1v) is 7.00. The van der Waals surface area contributed by atoms with Gasteiger partial charge in [0, 0.05) is 29.8 Å². The molecular weight excluding hydrogens is 312 g/mol. The molecule has 0 bridgehead atoms. The summed E-state index contributed by atoms with van der Waals surface area (Å²) in [4.78, 5) is 25.9. The molecule has 0 fully saturated rings. The molecule has 3 aromatic rings. The molecule has 0 amide bonds. The minimum Gasteiger partial charge on any atom is -0.507 e. The van der Waals surface area contributed by atoms with E-state index in [0.717, 1.165) is 5.56 Å². The molecule has 3 rings (SSSR count). The van der Waals surface area contributed by atoms with Crippen LogP contribution in [0.2, 0.25) is 0 Å². The van der Waals surface area contributed by atoms with Crippen LogP contribution < -0.4 is 5.63 Å². The molecule has 0 atom stereocenters. The molecular formula is C17H12N2O5. The van der Waals surface area contributed by atoms with Crippen LogP contribution in [-0.4, -0.2) is 16.2 Å². The molecule has 1 N–H and O–H groups in total. The summed E-state index contributed by atoms with van der Waals surface area (Å²) in [7, 11) is 0. The van der Waals surface area contributed by atoms with Gasteiger partial charge >= 0.3 is 5.63 Å². The number of rotatable bonds is 3. The van der Waals surface area contributed by atoms with Crippen molar-refractivity contribution in [2.75, 3.05) is 0 Å². The number of aliphatic imine (C=N–C) groups is 1. The first kappa shape index (κ1) is 15.4. The molecule has 0 spiro atoms. The number of nitro benzene ring substituents is 1. The Morgan fingerprint density at radius 3 is 2.58 bits per heavy atom. The van der Waals surface area contributed by atoms with Gasteiger partial charge in [0.2, 0.25) is 0 Å². The first-order valence-electron chi connectivity index (χ1n) is 7.00. The van der Waals surface area contributed by atoms with Crippen molar-refractivity contribution < 1.29 is 14.4 Å². The standard InChI is InChI=1S/C17H12N2O5/c1-10-8-16(21)24-17-13(10)6-7-15(20)14(17)9-18-11-2-4-12(5-3-11)19(22)23/h2-9,20H,1H3. The van der Waals surface area contributed by atoms with Crippen LogP contribution >= 0.6 is 0 Å². The Bertz CT molecular complexity index is 1020. The fourth-order valence-corrected chi connectivity index (χ4v) is 2.32. The minimum absolute atomic E-state index is 0.0384. The topological polar surface area (TPSA) is 106 Å². The molecule has 0 saturated heterocycles. The third kappa shape index (κ3) is 2.87. The van der Waals surface area contributed by atoms with E-state index in [1.165, 1.54) is 42.6 Å². The lowest BCUT2D eigenvalue weighted by molar-refractivity contribution is -0.384. The highest BCUT2D eigenvalue weighted by molar-refractivity contribution is 6.00. The highest BCUT2D eigenvalue weighted by Gasteiger charge is 2.10. The number of fused-ring (bicyclic) bond motifs is 1. The summed E-state index contributed by atoms with van der Waals surface area (Å²) in [5, 5.41) is 21.4. The van der Waals surface area contributed by atoms with Gasteiger partial charge in [0.1, 0.15) is 5.75 Å². The number of nitrogens with zero attached hydrogens (tertiary/aromatic N) is 2. The van der Waals surface area contributed by atoms with Crippen molar-refractivity contribution in [2.24, 2.45) is 4.99 Å². The maximum atomic E-state index is 11.6. The summed E-state index contributed by atoms with van der Waals surface area (Å²) in [5.74, 6) is -0.0816. The number of hydrogen-bond donors (Lipinski definition) is 1. The molecule has 0 aliphatic heterocycles. The molecule has 0 radical (unpaired) electrons. The maximum absolute atomic E-state index is 11.6. The summed E-state index contributed by atoms with van der Waals surface area (Å²) < 4.78 is 5.20. The summed E-state index contributed by atoms with van der Waals surface area (Å²) in [5.41, 5.74) is 1.15. The number of non-ortho nitro benzene ring substituents is 1. The molecule has 0 aliphatic rings. The largest absolute Gasteiger partial charge is 0.507 e. The van der Waals surface area contributed by atoms with E-state index >= 15 is 0 Å². The first-order chi connectivity index (χ1) is 11.5. The number of nitro groups is 1. The molecule has 0 unspecified atom stereocenters. The van der Waals surface area contributed by atoms with Gasteiger partial charge in [-0.15, -0.1) is 0 Å². The molecule has 1 aromatic heterocycles. The lowest BCUT2D eigenvalue weighted by Gasteiger charge is -2.05. The zero-order chi connectivity index (χ0) is 17.3. The van der Waals surface area contributed by atoms with E-state index < -0.39 is 10.5 Å². The number of phenols is 1. The highest BCUT2D eigenvalue weighted by Crippen LogP contribution is 2.27. The predicted octanol–water partition coefficient (Wildman–Crippen LogP) is 3.47. The van der Waals surface area contributed by atoms with Gasteiger partial charge in [-0.1, -0.05) is 0 Å². The summed E-state index contributed by atoms with van der Waals surface area (Å²) in [6.07, 6.45) is 1.36. The number of aryl methyl sites for hydroxylation is 1. The summed E-state index contributed by atoms with van der Waals surface area (Å²) in [6, 6.07) is 10.2. The van der Waals surface area contributed by atoms with Crippen molar-refractivity contribution in [3.8, 4) is 5.75 Å². The minimum atomic E-state index is -0.518. The predicted molar refractivity (Wildman–Crippen MR) is 89.2 cm³/mol. The van der Waals surface area contributed by atoms with Crippen LogP contribution in [-0.2, 0) is 0 Å². The van der Waals surface area contributed by atoms with Gasteiger partial charge < -0.3 is 9.52 Å². The Kier molecular flexibility index (Phi) is 3.83. The molecule has 2 aromatic carbocycles. The van der Waals surface area contributed by atoms with Crippen LogP contribution in [0, 0.1) is 17.0 Å². The van der Waals surface area contributed by atoms with E-state index in [1.54, 1.807) is 13.0 Å². The zero-order valence-corrected chi connectivity index (χ0v) is 12.6. The van der Waals surface area contributed by atoms with Crippen molar-refractivity contribution in [1.29, 1.82) is 0 Å². The third-order valence-electron chi connectivity index (χ3n) is 3.54. The Hall–Kier alpha value is -3.48. The summed E-state index contributed by atoms with van der Waals surface area (Å²) in [6.45, 7) is 1.77. The van der Waals surface area contributed by atoms with Gasteiger partial charge in [-0.2, -0.15) is 0 Å². The van der Waals surface area contributed by atoms with E-state index in [4.69, 9.17) is 4.42 Å². The number of benzene rings is 2. The van der Waals surface area contributed by atoms with Crippen molar-refractivity contribution in [3.05, 3.63) is 74.1 Å². The SMILES string of the molecule is Cc1cc(=O)oc2c(C=Nc3ccc([N+](=O)[O-])cc3)c(O)ccc12. The fourth-order valence-electron chi connectivity index (χ4n) is 2.32. The van der Waals surface area contributed by atoms with Crippen molar-refractivity contribution >= 4 is 28.6 Å². The van der Waals surface area contributed by atoms with Gasteiger partial charge in [-0.3, -0.25) is 15.1 Å². The number of hydrogen-bond acceptors (Lipinski definition) is 6. The van der Waals surface area contributed by atoms with Crippen LogP contribution in [0.5, 0.6) is 5.75 Å². The van der Waals surface area contributed by atoms with E-state index in [0.29, 0.717) is 11.1 Å². The second-order valence-corrected chi connectivity index (χ2v) is 5.16. The molecule has 7 nitrogen and oxygen atoms in total. The second kappa shape index (κ2) is 5.96. The van der Waals surface area contributed by atoms with Gasteiger partial charge in [0.15, 0.2) is 5.58 Å². The Morgan fingerprint density at radius 2 is 1.92 bits per heavy atom. The Labute approximate surface area is 135 Å². The molecule has 0 saturated carbocycles. The monoisotopic (exact) mass is 324 g/mol. The van der Waals surface area contributed by atoms with Crippen LogP contribution in [0.25, 0.3) is 11.0 Å². The average molecular weight is 324 g/mol. The lowest BCUT2D eigenvalue weighted by atomic mass is 10.1. The molecule has 120 valence electrons. The lowest BCUT2D eigenvalue weighted by Crippen LogP contribution is -2.00. The van der Waals surface area contributed by atoms with Gasteiger partial charge in [-0.05, 0) is 36.8 Å². The molecule has 7 heteroatoms. The van der Waals surface area contributed by atoms with Crippen molar-refractivity contribution in [3.63, 3.8) is 0 Å². The van der Waals surface area contributed by atoms with Gasteiger partial charge in [0.25, 0.3) is 5.69 Å². The van der Waals surface area contributed by atoms with Crippen LogP contribution in [0.1, 0.15) is 11.1 Å². The smallest absolute Gasteiger partial charge is 0.336 e. The summed E-state index contributed by atoms with van der Waals surface area (Å²) >= 11 is 0. The molecule has 1 heterocycles. The normalized spacial score (nSPS) is 11.2. The fraction of sp³-hybridized carbons (Fsp3) is 0.0588. The number of aromatic hydroxyl groups is 1. The van der Waals surface area contributed by atoms with Crippen LogP contribution in [0.4, 0.5) is 11.4 Å². The molecule has 0 aliphatic carbocycles. The van der Waals surface area contributed by atoms with Crippen molar-refractivity contribution in [2.45, 2.75) is 6.92 Å². The van der Waals surface area contributed by atoms with Crippen LogP contribution in [0.3, 0.4) is 0 Å². The highest BCUT2D eigenvalue weighted by atomic mass is 16.6. The second-order valence-electron chi connectivity index (χ2n) is 5.16. The van der Waals surface area contributed by atoms with Crippen molar-refractivity contribution in [1.82, 2.24) is 0 Å². The third-order valence-corrected chi connectivity index (χ3v) is 3.54. The van der Waals surface area contributed by atoms with E-state index in [2.05, 4.69) is 4.99 Å². The quantitative estimate of drug-likeness (QED) is 0.344. The van der Waals surface area contributed by atoms with E-state index in [1.807, 2.05) is 0 Å². The van der Waals surface area contributed by atoms with Gasteiger partial charge in [0.05, 0.1) is 16.2 Å². The average Bonchev–Trinajstić information content (AvgIpc) is 2.54. The Morgan fingerprint density at radius 1 is 1.21 bits per heavy atom. The van der Waals surface area contributed by atoms with E-state index in [-0.39, 0.29) is 22.6 Å². The number of phenolic OH excluding ortho intramolecular Hbond substituents is 1. The van der Waals surface area contributed by atoms with Crippen LogP contribution in [0.15, 0.2) is 56.7 Å². The zero-order valence-electron chi connectivity index (χ0n) is 12.6. The van der Waals surface area contributed by atoms with Gasteiger partial charge in [-0.25, -0.2) is 4.79 Å². The maximum Gasteiger partial charge on any atom is 0.336 e. The Balaban J connectivity index is 2.07. The van der Waals surface area contributed by atoms with E-state index in [9.17, 15) is 20.0 Å². The molecule has 24 heavy (non-hydrogen) atoms.